The zero-order valence-electron chi connectivity index (χ0n) is 9.25. The molecule has 0 amide bonds. The highest BCUT2D eigenvalue weighted by atomic mass is 79.9. The van der Waals surface area contributed by atoms with Gasteiger partial charge in [0.05, 0.1) is 13.0 Å². The second kappa shape index (κ2) is 5.80. The van der Waals surface area contributed by atoms with Crippen molar-refractivity contribution in [2.24, 2.45) is 0 Å². The molecular formula is C12H13BrO3. The zero-order valence-corrected chi connectivity index (χ0v) is 10.8. The lowest BCUT2D eigenvalue weighted by molar-refractivity contribution is -0.142. The van der Waals surface area contributed by atoms with Crippen molar-refractivity contribution in [1.82, 2.24) is 0 Å². The molecule has 0 aliphatic heterocycles. The van der Waals surface area contributed by atoms with Gasteiger partial charge in [-0.3, -0.25) is 9.59 Å². The fraction of sp³-hybridized carbons (Fsp3) is 0.333. The predicted molar refractivity (Wildman–Crippen MR) is 64.6 cm³/mol. The number of carbonyl (C=O) groups excluding carboxylic acids is 2. The van der Waals surface area contributed by atoms with Gasteiger partial charge in [-0.1, -0.05) is 15.9 Å². The molecule has 0 unspecified atom stereocenters. The van der Waals surface area contributed by atoms with Crippen LogP contribution in [0.25, 0.3) is 0 Å². The number of esters is 1. The standard InChI is InChI=1S/C12H13BrO3/c1-3-16-11(15)6-10-5-9(7-14)4-8(2)12(10)13/h4-5,7H,3,6H2,1-2H3. The summed E-state index contributed by atoms with van der Waals surface area (Å²) in [4.78, 5) is 22.0. The fourth-order valence-electron chi connectivity index (χ4n) is 1.44. The summed E-state index contributed by atoms with van der Waals surface area (Å²) in [5.74, 6) is -0.286. The van der Waals surface area contributed by atoms with E-state index in [0.717, 1.165) is 21.9 Å². The lowest BCUT2D eigenvalue weighted by Crippen LogP contribution is -2.08. The van der Waals surface area contributed by atoms with E-state index in [0.29, 0.717) is 12.2 Å². The van der Waals surface area contributed by atoms with E-state index in [-0.39, 0.29) is 12.4 Å². The molecule has 0 saturated carbocycles. The molecule has 1 rings (SSSR count). The SMILES string of the molecule is CCOC(=O)Cc1cc(C=O)cc(C)c1Br. The minimum Gasteiger partial charge on any atom is -0.466 e. The van der Waals surface area contributed by atoms with Gasteiger partial charge in [-0.15, -0.1) is 0 Å². The Morgan fingerprint density at radius 1 is 1.50 bits per heavy atom. The molecule has 0 N–H and O–H groups in total. The maximum absolute atomic E-state index is 11.3. The van der Waals surface area contributed by atoms with Crippen molar-refractivity contribution >= 4 is 28.2 Å². The smallest absolute Gasteiger partial charge is 0.310 e. The molecule has 4 heteroatoms. The summed E-state index contributed by atoms with van der Waals surface area (Å²) in [6.45, 7) is 4.01. The second-order valence-corrected chi connectivity index (χ2v) is 4.20. The van der Waals surface area contributed by atoms with Crippen molar-refractivity contribution in [1.29, 1.82) is 0 Å². The number of ether oxygens (including phenoxy) is 1. The van der Waals surface area contributed by atoms with Gasteiger partial charge in [0.2, 0.25) is 0 Å². The van der Waals surface area contributed by atoms with Gasteiger partial charge < -0.3 is 4.74 Å². The summed E-state index contributed by atoms with van der Waals surface area (Å²) in [5, 5.41) is 0. The molecular weight excluding hydrogens is 272 g/mol. The lowest BCUT2D eigenvalue weighted by Gasteiger charge is -2.08. The average molecular weight is 285 g/mol. The molecule has 0 bridgehead atoms. The first-order chi connectivity index (χ1) is 7.58. The second-order valence-electron chi connectivity index (χ2n) is 3.41. The van der Waals surface area contributed by atoms with E-state index in [1.807, 2.05) is 6.92 Å². The van der Waals surface area contributed by atoms with Crippen molar-refractivity contribution in [2.75, 3.05) is 6.61 Å². The van der Waals surface area contributed by atoms with Crippen LogP contribution in [0.15, 0.2) is 16.6 Å². The summed E-state index contributed by atoms with van der Waals surface area (Å²) < 4.78 is 5.72. The van der Waals surface area contributed by atoms with E-state index in [1.165, 1.54) is 0 Å². The minimum atomic E-state index is -0.286. The number of benzene rings is 1. The molecule has 0 saturated heterocycles. The van der Waals surface area contributed by atoms with E-state index in [1.54, 1.807) is 19.1 Å². The van der Waals surface area contributed by atoms with Crippen LogP contribution >= 0.6 is 15.9 Å². The van der Waals surface area contributed by atoms with E-state index < -0.39 is 0 Å². The molecule has 1 aromatic carbocycles. The van der Waals surface area contributed by atoms with Crippen LogP contribution in [0.5, 0.6) is 0 Å². The molecule has 0 heterocycles. The minimum absolute atomic E-state index is 0.178. The van der Waals surface area contributed by atoms with Crippen LogP contribution < -0.4 is 0 Å². The normalized spacial score (nSPS) is 9.94. The fourth-order valence-corrected chi connectivity index (χ4v) is 1.81. The molecule has 0 radical (unpaired) electrons. The van der Waals surface area contributed by atoms with Gasteiger partial charge in [0, 0.05) is 10.0 Å². The number of halogens is 1. The molecule has 0 fully saturated rings. The molecule has 16 heavy (non-hydrogen) atoms. The Bertz CT molecular complexity index is 413. The van der Waals surface area contributed by atoms with Crippen LogP contribution in [0, 0.1) is 6.92 Å². The number of aldehydes is 1. The summed E-state index contributed by atoms with van der Waals surface area (Å²) in [7, 11) is 0. The van der Waals surface area contributed by atoms with Crippen LogP contribution in [-0.4, -0.2) is 18.9 Å². The van der Waals surface area contributed by atoms with Crippen LogP contribution in [0.2, 0.25) is 0 Å². The van der Waals surface area contributed by atoms with E-state index in [9.17, 15) is 9.59 Å². The third-order valence-electron chi connectivity index (χ3n) is 2.13. The van der Waals surface area contributed by atoms with Gasteiger partial charge in [-0.25, -0.2) is 0 Å². The zero-order chi connectivity index (χ0) is 12.1. The van der Waals surface area contributed by atoms with E-state index >= 15 is 0 Å². The summed E-state index contributed by atoms with van der Waals surface area (Å²) in [6, 6.07) is 3.47. The van der Waals surface area contributed by atoms with Crippen LogP contribution in [-0.2, 0) is 16.0 Å². The predicted octanol–water partition coefficient (Wildman–Crippen LogP) is 2.68. The van der Waals surface area contributed by atoms with E-state index in [4.69, 9.17) is 4.74 Å². The van der Waals surface area contributed by atoms with Gasteiger partial charge in [0.1, 0.15) is 6.29 Å². The van der Waals surface area contributed by atoms with Crippen molar-refractivity contribution in [3.63, 3.8) is 0 Å². The molecule has 1 aromatic rings. The Hall–Kier alpha value is -1.16. The van der Waals surface area contributed by atoms with Crippen molar-refractivity contribution in [3.05, 3.63) is 33.3 Å². The third-order valence-corrected chi connectivity index (χ3v) is 3.26. The third kappa shape index (κ3) is 3.17. The molecule has 0 aliphatic carbocycles. The largest absolute Gasteiger partial charge is 0.466 e. The molecule has 86 valence electrons. The Morgan fingerprint density at radius 2 is 2.19 bits per heavy atom. The number of hydrogen-bond donors (Lipinski definition) is 0. The highest BCUT2D eigenvalue weighted by Gasteiger charge is 2.10. The molecule has 0 spiro atoms. The number of carbonyl (C=O) groups is 2. The van der Waals surface area contributed by atoms with Crippen molar-refractivity contribution in [2.45, 2.75) is 20.3 Å². The Morgan fingerprint density at radius 3 is 2.75 bits per heavy atom. The summed E-state index contributed by atoms with van der Waals surface area (Å²) in [6.07, 6.45) is 0.949. The topological polar surface area (TPSA) is 43.4 Å². The molecule has 0 atom stereocenters. The lowest BCUT2D eigenvalue weighted by atomic mass is 10.0. The maximum atomic E-state index is 11.3. The van der Waals surface area contributed by atoms with Gasteiger partial charge in [-0.2, -0.15) is 0 Å². The van der Waals surface area contributed by atoms with Gasteiger partial charge in [0.25, 0.3) is 0 Å². The monoisotopic (exact) mass is 284 g/mol. The van der Waals surface area contributed by atoms with Gasteiger partial charge in [-0.05, 0) is 37.1 Å². The molecule has 0 aliphatic rings. The highest BCUT2D eigenvalue weighted by molar-refractivity contribution is 9.10. The van der Waals surface area contributed by atoms with Gasteiger partial charge in [0.15, 0.2) is 0 Å². The first-order valence-corrected chi connectivity index (χ1v) is 5.77. The first-order valence-electron chi connectivity index (χ1n) is 4.98. The van der Waals surface area contributed by atoms with Crippen LogP contribution in [0.3, 0.4) is 0 Å². The Balaban J connectivity index is 2.98. The van der Waals surface area contributed by atoms with E-state index in [2.05, 4.69) is 15.9 Å². The number of hydrogen-bond acceptors (Lipinski definition) is 3. The Kier molecular flexibility index (Phi) is 4.68. The summed E-state index contributed by atoms with van der Waals surface area (Å²) >= 11 is 3.40. The first kappa shape index (κ1) is 12.9. The molecule has 0 aromatic heterocycles. The quantitative estimate of drug-likeness (QED) is 0.631. The highest BCUT2D eigenvalue weighted by Crippen LogP contribution is 2.23. The van der Waals surface area contributed by atoms with Crippen LogP contribution in [0.1, 0.15) is 28.4 Å². The van der Waals surface area contributed by atoms with Crippen LogP contribution in [0.4, 0.5) is 0 Å². The Labute approximate surface area is 103 Å². The van der Waals surface area contributed by atoms with Crippen molar-refractivity contribution in [3.8, 4) is 0 Å². The molecule has 3 nitrogen and oxygen atoms in total. The number of aryl methyl sites for hydroxylation is 1. The average Bonchev–Trinajstić information content (AvgIpc) is 2.24. The number of rotatable bonds is 4. The van der Waals surface area contributed by atoms with Gasteiger partial charge >= 0.3 is 5.97 Å². The van der Waals surface area contributed by atoms with Crippen molar-refractivity contribution < 1.29 is 14.3 Å². The summed E-state index contributed by atoms with van der Waals surface area (Å²) in [5.41, 5.74) is 2.28. The maximum Gasteiger partial charge on any atom is 0.310 e.